The van der Waals surface area contributed by atoms with Crippen molar-refractivity contribution in [2.75, 3.05) is 25.4 Å². The van der Waals surface area contributed by atoms with Crippen molar-refractivity contribution in [3.05, 3.63) is 0 Å². The summed E-state index contributed by atoms with van der Waals surface area (Å²) in [6, 6.07) is 0. The maximum atomic E-state index is 10.6. The van der Waals surface area contributed by atoms with Crippen LogP contribution in [0.1, 0.15) is 33.1 Å². The van der Waals surface area contributed by atoms with Crippen LogP contribution in [0.25, 0.3) is 0 Å². The van der Waals surface area contributed by atoms with E-state index >= 15 is 0 Å². The number of nitrogens with zero attached hydrogens (tertiary/aromatic N) is 1. The molecule has 1 rings (SSSR count). The van der Waals surface area contributed by atoms with Crippen LogP contribution in [-0.4, -0.2) is 43.3 Å². The fraction of sp³-hybridized carbons (Fsp3) is 1.00. The first kappa shape index (κ1) is 13.9. The van der Waals surface area contributed by atoms with Crippen molar-refractivity contribution < 1.29 is 13.0 Å². The van der Waals surface area contributed by atoms with Gasteiger partial charge in [0.25, 0.3) is 10.1 Å². The van der Waals surface area contributed by atoms with Gasteiger partial charge in [-0.05, 0) is 24.8 Å². The quantitative estimate of drug-likeness (QED) is 0.727. The van der Waals surface area contributed by atoms with Crippen LogP contribution in [0.2, 0.25) is 0 Å². The molecule has 1 saturated heterocycles. The molecule has 16 heavy (non-hydrogen) atoms. The van der Waals surface area contributed by atoms with Crippen LogP contribution in [0.15, 0.2) is 0 Å². The molecule has 1 aliphatic rings. The predicted octanol–water partition coefficient (Wildman–Crippen LogP) is 1.63. The van der Waals surface area contributed by atoms with E-state index in [4.69, 9.17) is 4.55 Å². The Morgan fingerprint density at radius 3 is 2.06 bits per heavy atom. The van der Waals surface area contributed by atoms with Crippen molar-refractivity contribution in [1.82, 2.24) is 4.90 Å². The molecule has 0 bridgehead atoms. The molecule has 0 saturated carbocycles. The van der Waals surface area contributed by atoms with Gasteiger partial charge in [-0.3, -0.25) is 4.55 Å². The van der Waals surface area contributed by atoms with E-state index in [2.05, 4.69) is 18.7 Å². The molecule has 1 aliphatic heterocycles. The number of hydrogen-bond donors (Lipinski definition) is 1. The summed E-state index contributed by atoms with van der Waals surface area (Å²) in [5, 5.41) is 0. The van der Waals surface area contributed by atoms with Crippen molar-refractivity contribution in [1.29, 1.82) is 0 Å². The Morgan fingerprint density at radius 1 is 1.19 bits per heavy atom. The predicted molar refractivity (Wildman–Crippen MR) is 65.0 cm³/mol. The zero-order valence-corrected chi connectivity index (χ0v) is 11.0. The van der Waals surface area contributed by atoms with Crippen molar-refractivity contribution in [3.8, 4) is 0 Å². The summed E-state index contributed by atoms with van der Waals surface area (Å²) >= 11 is 0. The summed E-state index contributed by atoms with van der Waals surface area (Å²) in [7, 11) is -3.78. The van der Waals surface area contributed by atoms with E-state index in [1.54, 1.807) is 0 Å². The van der Waals surface area contributed by atoms with Gasteiger partial charge in [-0.25, -0.2) is 0 Å². The van der Waals surface area contributed by atoms with Gasteiger partial charge in [0.05, 0.1) is 5.75 Å². The van der Waals surface area contributed by atoms with Crippen LogP contribution in [-0.2, 0) is 10.1 Å². The third-order valence-corrected chi connectivity index (χ3v) is 4.38. The van der Waals surface area contributed by atoms with E-state index in [0.717, 1.165) is 31.5 Å². The Balaban J connectivity index is 2.30. The lowest BCUT2D eigenvalue weighted by atomic mass is 9.92. The molecule has 2 unspecified atom stereocenters. The van der Waals surface area contributed by atoms with E-state index in [9.17, 15) is 8.42 Å². The zero-order valence-electron chi connectivity index (χ0n) is 10.2. The second-order valence-corrected chi connectivity index (χ2v) is 6.31. The van der Waals surface area contributed by atoms with Crippen LogP contribution < -0.4 is 0 Å². The van der Waals surface area contributed by atoms with Crippen molar-refractivity contribution in [3.63, 3.8) is 0 Å². The van der Waals surface area contributed by atoms with E-state index in [0.29, 0.717) is 6.42 Å². The molecule has 1 N–H and O–H groups in total. The Labute approximate surface area is 98.8 Å². The van der Waals surface area contributed by atoms with Gasteiger partial charge in [0.15, 0.2) is 0 Å². The summed E-state index contributed by atoms with van der Waals surface area (Å²) in [4.78, 5) is 2.33. The molecule has 4 nitrogen and oxygen atoms in total. The lowest BCUT2D eigenvalue weighted by molar-refractivity contribution is 0.319. The molecule has 0 amide bonds. The molecule has 2 atom stereocenters. The second-order valence-electron chi connectivity index (χ2n) is 4.74. The third kappa shape index (κ3) is 4.39. The van der Waals surface area contributed by atoms with Gasteiger partial charge in [0.2, 0.25) is 0 Å². The third-order valence-electron chi connectivity index (χ3n) is 3.58. The van der Waals surface area contributed by atoms with Gasteiger partial charge < -0.3 is 4.90 Å². The molecule has 96 valence electrons. The van der Waals surface area contributed by atoms with Crippen molar-refractivity contribution >= 4 is 10.1 Å². The Morgan fingerprint density at radius 2 is 1.69 bits per heavy atom. The van der Waals surface area contributed by atoms with Crippen LogP contribution >= 0.6 is 0 Å². The average Bonchev–Trinajstić information content (AvgIpc) is 2.58. The summed E-state index contributed by atoms with van der Waals surface area (Å²) < 4.78 is 29.8. The molecular weight excluding hydrogens is 226 g/mol. The molecular formula is C11H23NO3S. The minimum Gasteiger partial charge on any atom is -0.303 e. The summed E-state index contributed by atoms with van der Waals surface area (Å²) in [5.41, 5.74) is 0. The van der Waals surface area contributed by atoms with Gasteiger partial charge in [-0.15, -0.1) is 0 Å². The maximum Gasteiger partial charge on any atom is 0.264 e. The SMILES string of the molecule is CCC1CN(CCCS(=O)(=O)O)CC1CC. The highest BCUT2D eigenvalue weighted by Crippen LogP contribution is 2.28. The fourth-order valence-corrected chi connectivity index (χ4v) is 3.11. The van der Waals surface area contributed by atoms with Crippen molar-refractivity contribution in [2.45, 2.75) is 33.1 Å². The molecule has 5 heteroatoms. The van der Waals surface area contributed by atoms with E-state index in [-0.39, 0.29) is 5.75 Å². The van der Waals surface area contributed by atoms with Gasteiger partial charge in [-0.2, -0.15) is 8.42 Å². The molecule has 1 fully saturated rings. The fourth-order valence-electron chi connectivity index (χ4n) is 2.61. The molecule has 0 radical (unpaired) electrons. The lowest BCUT2D eigenvalue weighted by Crippen LogP contribution is -2.24. The average molecular weight is 249 g/mol. The van der Waals surface area contributed by atoms with Gasteiger partial charge in [0.1, 0.15) is 0 Å². The molecule has 0 spiro atoms. The largest absolute Gasteiger partial charge is 0.303 e. The highest BCUT2D eigenvalue weighted by Gasteiger charge is 2.29. The number of hydrogen-bond acceptors (Lipinski definition) is 3. The molecule has 1 heterocycles. The minimum absolute atomic E-state index is 0.114. The molecule has 0 aliphatic carbocycles. The normalized spacial score (nSPS) is 27.4. The maximum absolute atomic E-state index is 10.6. The van der Waals surface area contributed by atoms with Crippen LogP contribution in [0.5, 0.6) is 0 Å². The highest BCUT2D eigenvalue weighted by molar-refractivity contribution is 7.85. The smallest absolute Gasteiger partial charge is 0.264 e. The topological polar surface area (TPSA) is 57.6 Å². The van der Waals surface area contributed by atoms with Gasteiger partial charge in [0, 0.05) is 13.1 Å². The van der Waals surface area contributed by atoms with Gasteiger partial charge >= 0.3 is 0 Å². The molecule has 0 aromatic carbocycles. The first-order valence-electron chi connectivity index (χ1n) is 6.13. The highest BCUT2D eigenvalue weighted by atomic mass is 32.2. The van der Waals surface area contributed by atoms with Crippen LogP contribution in [0.3, 0.4) is 0 Å². The summed E-state index contributed by atoms with van der Waals surface area (Å²) in [5.74, 6) is 1.41. The molecule has 0 aromatic heterocycles. The first-order chi connectivity index (χ1) is 7.46. The molecule has 0 aromatic rings. The lowest BCUT2D eigenvalue weighted by Gasteiger charge is -2.14. The number of rotatable bonds is 6. The first-order valence-corrected chi connectivity index (χ1v) is 7.74. The van der Waals surface area contributed by atoms with E-state index < -0.39 is 10.1 Å². The van der Waals surface area contributed by atoms with Crippen LogP contribution in [0.4, 0.5) is 0 Å². The Hall–Kier alpha value is -0.130. The Bertz CT molecular complexity index is 290. The standard InChI is InChI=1S/C11H23NO3S/c1-3-10-8-12(9-11(10)4-2)6-5-7-16(13,14)15/h10-11H,3-9H2,1-2H3,(H,13,14,15). The summed E-state index contributed by atoms with van der Waals surface area (Å²) in [6.45, 7) is 7.39. The Kier molecular flexibility index (Phi) is 5.21. The monoisotopic (exact) mass is 249 g/mol. The minimum atomic E-state index is -3.78. The van der Waals surface area contributed by atoms with Crippen molar-refractivity contribution in [2.24, 2.45) is 11.8 Å². The van der Waals surface area contributed by atoms with Crippen LogP contribution in [0, 0.1) is 11.8 Å². The van der Waals surface area contributed by atoms with E-state index in [1.165, 1.54) is 12.8 Å². The van der Waals surface area contributed by atoms with E-state index in [1.807, 2.05) is 0 Å². The number of likely N-dealkylation sites (tertiary alicyclic amines) is 1. The second kappa shape index (κ2) is 5.98. The zero-order chi connectivity index (χ0) is 12.2. The van der Waals surface area contributed by atoms with Gasteiger partial charge in [-0.1, -0.05) is 26.7 Å². The summed E-state index contributed by atoms with van der Waals surface area (Å²) in [6.07, 6.45) is 2.94.